The Morgan fingerprint density at radius 2 is 0.470 bits per heavy atom. The first-order valence-electron chi connectivity index (χ1n) is 28.1. The summed E-state index contributed by atoms with van der Waals surface area (Å²) in [5, 5.41) is 3.96. The SMILES string of the molecule is CCCCCCCCCCCCCCCCCCN(CCCCCCNC(=O)C(F)(F)F)CCN(CCCCCCCCCCCCCCCCCC)CCCCCCNC(=O)C(F)(F)F. The van der Waals surface area contributed by atoms with Crippen LogP contribution in [0.1, 0.15) is 271 Å². The number of carbonyl (C=O) groups is 2. The smallest absolute Gasteiger partial charge is 0.348 e. The van der Waals surface area contributed by atoms with Crippen LogP contribution in [0.25, 0.3) is 0 Å². The molecule has 0 saturated carbocycles. The van der Waals surface area contributed by atoms with E-state index in [1.54, 1.807) is 0 Å². The molecule has 66 heavy (non-hydrogen) atoms. The van der Waals surface area contributed by atoms with Crippen LogP contribution in [-0.2, 0) is 9.59 Å². The molecule has 0 unspecified atom stereocenters. The molecule has 0 aliphatic heterocycles. The highest BCUT2D eigenvalue weighted by Crippen LogP contribution is 2.18. The van der Waals surface area contributed by atoms with Crippen molar-refractivity contribution in [3.05, 3.63) is 0 Å². The van der Waals surface area contributed by atoms with E-state index in [2.05, 4.69) is 23.6 Å². The molecule has 0 aromatic carbocycles. The molecule has 0 aliphatic carbocycles. The summed E-state index contributed by atoms with van der Waals surface area (Å²) in [5.41, 5.74) is 0. The first-order chi connectivity index (χ1) is 31.9. The molecule has 0 aromatic rings. The molecule has 0 atom stereocenters. The van der Waals surface area contributed by atoms with E-state index in [-0.39, 0.29) is 13.1 Å². The predicted molar refractivity (Wildman–Crippen MR) is 267 cm³/mol. The van der Waals surface area contributed by atoms with Crippen LogP contribution < -0.4 is 10.6 Å². The summed E-state index contributed by atoms with van der Waals surface area (Å²) in [4.78, 5) is 27.4. The van der Waals surface area contributed by atoms with Gasteiger partial charge in [-0.1, -0.05) is 232 Å². The van der Waals surface area contributed by atoms with Gasteiger partial charge in [-0.15, -0.1) is 0 Å². The number of alkyl halides is 6. The zero-order chi connectivity index (χ0) is 48.7. The normalized spacial score (nSPS) is 12.2. The van der Waals surface area contributed by atoms with Crippen molar-refractivity contribution < 1.29 is 35.9 Å². The lowest BCUT2D eigenvalue weighted by atomic mass is 10.0. The molecular weight excluding hydrogens is 851 g/mol. The molecule has 0 fully saturated rings. The van der Waals surface area contributed by atoms with E-state index in [1.807, 2.05) is 10.6 Å². The molecule has 6 nitrogen and oxygen atoms in total. The second kappa shape index (κ2) is 47.1. The fraction of sp³-hybridized carbons (Fsp3) is 0.963. The highest BCUT2D eigenvalue weighted by molar-refractivity contribution is 5.81. The number of amides is 2. The van der Waals surface area contributed by atoms with Gasteiger partial charge in [0.25, 0.3) is 0 Å². The average Bonchev–Trinajstić information content (AvgIpc) is 3.28. The monoisotopic (exact) mass is 955 g/mol. The minimum atomic E-state index is -4.84. The second-order valence-corrected chi connectivity index (χ2v) is 19.6. The molecule has 0 saturated heterocycles. The minimum absolute atomic E-state index is 0.0394. The topological polar surface area (TPSA) is 64.7 Å². The van der Waals surface area contributed by atoms with Crippen LogP contribution in [-0.4, -0.2) is 86.3 Å². The van der Waals surface area contributed by atoms with Gasteiger partial charge in [0, 0.05) is 26.2 Å². The highest BCUT2D eigenvalue weighted by Gasteiger charge is 2.38. The van der Waals surface area contributed by atoms with Gasteiger partial charge in [-0.25, -0.2) is 0 Å². The van der Waals surface area contributed by atoms with Crippen molar-refractivity contribution >= 4 is 11.8 Å². The number of hydrogen-bond donors (Lipinski definition) is 2. The lowest BCUT2D eigenvalue weighted by molar-refractivity contribution is -0.173. The Hall–Kier alpha value is -1.56. The van der Waals surface area contributed by atoms with Crippen molar-refractivity contribution in [1.29, 1.82) is 0 Å². The van der Waals surface area contributed by atoms with Gasteiger partial charge in [0.05, 0.1) is 0 Å². The van der Waals surface area contributed by atoms with Crippen LogP contribution in [0.15, 0.2) is 0 Å². The molecule has 2 N–H and O–H groups in total. The van der Waals surface area contributed by atoms with Crippen molar-refractivity contribution in [2.24, 2.45) is 0 Å². The van der Waals surface area contributed by atoms with Gasteiger partial charge in [0.15, 0.2) is 0 Å². The van der Waals surface area contributed by atoms with E-state index >= 15 is 0 Å². The number of nitrogens with one attached hydrogen (secondary N) is 2. The largest absolute Gasteiger partial charge is 0.471 e. The van der Waals surface area contributed by atoms with E-state index in [1.165, 1.54) is 193 Å². The molecule has 12 heteroatoms. The quantitative estimate of drug-likeness (QED) is 0.0471. The molecular formula is C54H104F6N4O2. The number of hydrogen-bond acceptors (Lipinski definition) is 4. The predicted octanol–water partition coefficient (Wildman–Crippen LogP) is 16.6. The fourth-order valence-corrected chi connectivity index (χ4v) is 8.95. The summed E-state index contributed by atoms with van der Waals surface area (Å²) >= 11 is 0. The van der Waals surface area contributed by atoms with Crippen LogP contribution in [0.4, 0.5) is 26.3 Å². The highest BCUT2D eigenvalue weighted by atomic mass is 19.4. The zero-order valence-corrected chi connectivity index (χ0v) is 42.9. The summed E-state index contributed by atoms with van der Waals surface area (Å²) in [5.74, 6) is -3.74. The summed E-state index contributed by atoms with van der Waals surface area (Å²) in [6.07, 6.45) is 39.4. The lowest BCUT2D eigenvalue weighted by Crippen LogP contribution is -2.37. The molecule has 394 valence electrons. The van der Waals surface area contributed by atoms with Crippen LogP contribution in [0.5, 0.6) is 0 Å². The Balaban J connectivity index is 4.85. The zero-order valence-electron chi connectivity index (χ0n) is 42.9. The minimum Gasteiger partial charge on any atom is -0.348 e. The summed E-state index contributed by atoms with van der Waals surface area (Å²) in [7, 11) is 0. The average molecular weight is 955 g/mol. The summed E-state index contributed by atoms with van der Waals surface area (Å²) in [6.45, 7) is 10.5. The van der Waals surface area contributed by atoms with E-state index in [9.17, 15) is 35.9 Å². The number of rotatable bonds is 51. The molecule has 0 aromatic heterocycles. The van der Waals surface area contributed by atoms with Crippen molar-refractivity contribution in [1.82, 2.24) is 20.4 Å². The third-order valence-corrected chi connectivity index (χ3v) is 13.3. The standard InChI is InChI=1S/C54H104F6N4O2/c1-3-5-7-9-11-13-15-17-19-21-23-25-27-29-33-39-45-63(47-41-35-31-37-43-61-51(65)53(55,56)57)49-50-64(48-42-36-32-38-44-62-52(66)54(58,59)60)46-40-34-30-28-26-24-22-20-18-16-14-12-10-8-6-4-2/h3-50H2,1-2H3,(H,61,65)(H,62,66). The van der Waals surface area contributed by atoms with Gasteiger partial charge in [-0.05, 0) is 64.7 Å². The van der Waals surface area contributed by atoms with Crippen molar-refractivity contribution in [2.75, 3.05) is 52.4 Å². The van der Waals surface area contributed by atoms with Gasteiger partial charge < -0.3 is 20.4 Å². The van der Waals surface area contributed by atoms with Gasteiger partial charge in [-0.2, -0.15) is 26.3 Å². The van der Waals surface area contributed by atoms with E-state index in [0.717, 1.165) is 90.6 Å². The lowest BCUT2D eigenvalue weighted by Gasteiger charge is -2.28. The van der Waals surface area contributed by atoms with Crippen molar-refractivity contribution in [2.45, 2.75) is 283 Å². The van der Waals surface area contributed by atoms with Crippen molar-refractivity contribution in [3.8, 4) is 0 Å². The maximum Gasteiger partial charge on any atom is 0.471 e. The fourth-order valence-electron chi connectivity index (χ4n) is 8.95. The van der Waals surface area contributed by atoms with E-state index < -0.39 is 24.2 Å². The molecule has 0 rings (SSSR count). The molecule has 0 spiro atoms. The Kier molecular flexibility index (Phi) is 46.0. The molecule has 0 aliphatic rings. The molecule has 0 heterocycles. The Morgan fingerprint density at radius 1 is 0.288 bits per heavy atom. The van der Waals surface area contributed by atoms with Gasteiger partial charge in [-0.3, -0.25) is 9.59 Å². The van der Waals surface area contributed by atoms with Gasteiger partial charge in [0.2, 0.25) is 0 Å². The van der Waals surface area contributed by atoms with Crippen LogP contribution >= 0.6 is 0 Å². The van der Waals surface area contributed by atoms with E-state index in [0.29, 0.717) is 12.8 Å². The molecule has 0 radical (unpaired) electrons. The van der Waals surface area contributed by atoms with Crippen molar-refractivity contribution in [3.63, 3.8) is 0 Å². The first kappa shape index (κ1) is 64.4. The second-order valence-electron chi connectivity index (χ2n) is 19.6. The summed E-state index contributed by atoms with van der Waals surface area (Å²) < 4.78 is 75.3. The number of halogens is 6. The third kappa shape index (κ3) is 46.2. The Morgan fingerprint density at radius 3 is 0.667 bits per heavy atom. The van der Waals surface area contributed by atoms with Crippen LogP contribution in [0.2, 0.25) is 0 Å². The van der Waals surface area contributed by atoms with E-state index in [4.69, 9.17) is 0 Å². The molecule has 2 amide bonds. The third-order valence-electron chi connectivity index (χ3n) is 13.3. The Bertz CT molecular complexity index is 967. The number of carbonyl (C=O) groups excluding carboxylic acids is 2. The van der Waals surface area contributed by atoms with Crippen LogP contribution in [0, 0.1) is 0 Å². The number of nitrogens with zero attached hydrogens (tertiary/aromatic N) is 2. The summed E-state index contributed by atoms with van der Waals surface area (Å²) in [6, 6.07) is 0. The molecule has 0 bridgehead atoms. The van der Waals surface area contributed by atoms with Gasteiger partial charge >= 0.3 is 24.2 Å². The number of unbranched alkanes of at least 4 members (excludes halogenated alkanes) is 36. The van der Waals surface area contributed by atoms with Gasteiger partial charge in [0.1, 0.15) is 0 Å². The maximum atomic E-state index is 12.5. The maximum absolute atomic E-state index is 12.5. The van der Waals surface area contributed by atoms with Crippen LogP contribution in [0.3, 0.4) is 0 Å². The first-order valence-corrected chi connectivity index (χ1v) is 28.1. The Labute approximate surface area is 402 Å².